The lowest BCUT2D eigenvalue weighted by molar-refractivity contribution is -0.139. The van der Waals surface area contributed by atoms with E-state index in [2.05, 4.69) is 15.4 Å². The number of benzene rings is 2. The molecule has 2 aromatic carbocycles. The topological polar surface area (TPSA) is 89.3 Å². The molecule has 1 aliphatic heterocycles. The molecular formula is C23H22ClN5O3. The van der Waals surface area contributed by atoms with E-state index in [0.717, 1.165) is 5.56 Å². The summed E-state index contributed by atoms with van der Waals surface area (Å²) in [5.41, 5.74) is 2.44. The van der Waals surface area contributed by atoms with Gasteiger partial charge in [-0.1, -0.05) is 48.0 Å². The second-order valence-electron chi connectivity index (χ2n) is 7.18. The molecule has 1 amide bonds. The molecule has 0 saturated heterocycles. The first-order valence-electron chi connectivity index (χ1n) is 10.1. The number of ether oxygens (including phenoxy) is 1. The van der Waals surface area contributed by atoms with Gasteiger partial charge in [0.15, 0.2) is 0 Å². The zero-order valence-electron chi connectivity index (χ0n) is 17.7. The fourth-order valence-electron chi connectivity index (χ4n) is 3.75. The summed E-state index contributed by atoms with van der Waals surface area (Å²) in [6, 6.07) is 15.9. The molecule has 0 aliphatic carbocycles. The predicted octanol–water partition coefficient (Wildman–Crippen LogP) is 3.82. The highest BCUT2D eigenvalue weighted by Crippen LogP contribution is 2.38. The molecule has 1 atom stereocenters. The number of nitrogens with one attached hydrogen (secondary N) is 1. The molecule has 8 nitrogen and oxygen atoms in total. The summed E-state index contributed by atoms with van der Waals surface area (Å²) in [6.45, 7) is 3.70. The molecule has 0 spiro atoms. The fourth-order valence-corrected chi connectivity index (χ4v) is 3.94. The number of fused-ring (bicyclic) bond motifs is 1. The molecule has 0 fully saturated rings. The minimum atomic E-state index is -0.514. The van der Waals surface area contributed by atoms with Crippen molar-refractivity contribution < 1.29 is 14.3 Å². The van der Waals surface area contributed by atoms with Gasteiger partial charge in [0.2, 0.25) is 11.9 Å². The molecule has 9 heteroatoms. The number of anilines is 2. The molecule has 0 unspecified atom stereocenters. The van der Waals surface area contributed by atoms with Gasteiger partial charge >= 0.3 is 5.97 Å². The monoisotopic (exact) mass is 451 g/mol. The largest absolute Gasteiger partial charge is 0.463 e. The van der Waals surface area contributed by atoms with Crippen molar-refractivity contribution in [3.05, 3.63) is 82.8 Å². The van der Waals surface area contributed by atoms with E-state index in [1.54, 1.807) is 47.7 Å². The Balaban J connectivity index is 1.72. The Morgan fingerprint density at radius 3 is 2.66 bits per heavy atom. The molecule has 0 bridgehead atoms. The first-order chi connectivity index (χ1) is 15.5. The molecule has 1 N–H and O–H groups in total. The van der Waals surface area contributed by atoms with Gasteiger partial charge in [-0.15, -0.1) is 0 Å². The molecule has 164 valence electrons. The predicted molar refractivity (Wildman–Crippen MR) is 121 cm³/mol. The Morgan fingerprint density at radius 2 is 1.94 bits per heavy atom. The van der Waals surface area contributed by atoms with Crippen molar-refractivity contribution in [2.24, 2.45) is 0 Å². The summed E-state index contributed by atoms with van der Waals surface area (Å²) >= 11 is 6.01. The summed E-state index contributed by atoms with van der Waals surface area (Å²) in [5, 5.41) is 7.71. The highest BCUT2D eigenvalue weighted by atomic mass is 35.5. The zero-order chi connectivity index (χ0) is 22.7. The van der Waals surface area contributed by atoms with Crippen LogP contribution in [-0.2, 0) is 14.3 Å². The molecule has 1 aliphatic rings. The number of esters is 1. The van der Waals surface area contributed by atoms with Crippen LogP contribution in [0.25, 0.3) is 0 Å². The fraction of sp³-hybridized carbons (Fsp3) is 0.217. The number of hydrogen-bond acceptors (Lipinski definition) is 6. The Bertz CT molecular complexity index is 1180. The lowest BCUT2D eigenvalue weighted by atomic mass is 9.95. The van der Waals surface area contributed by atoms with Gasteiger partial charge in [-0.25, -0.2) is 9.48 Å². The van der Waals surface area contributed by atoms with Crippen LogP contribution < -0.4 is 10.2 Å². The summed E-state index contributed by atoms with van der Waals surface area (Å²) in [5.74, 6) is -0.284. The Kier molecular flexibility index (Phi) is 6.23. The smallest absolute Gasteiger partial charge is 0.338 e. The third-order valence-corrected chi connectivity index (χ3v) is 5.36. The van der Waals surface area contributed by atoms with Gasteiger partial charge in [-0.2, -0.15) is 10.1 Å². The normalized spacial score (nSPS) is 15.3. The third kappa shape index (κ3) is 4.22. The van der Waals surface area contributed by atoms with Crippen molar-refractivity contribution in [2.75, 3.05) is 23.4 Å². The van der Waals surface area contributed by atoms with Gasteiger partial charge in [0.1, 0.15) is 18.9 Å². The van der Waals surface area contributed by atoms with Crippen molar-refractivity contribution in [1.29, 1.82) is 0 Å². The molecule has 32 heavy (non-hydrogen) atoms. The Hall–Kier alpha value is -3.65. The molecule has 0 saturated carbocycles. The van der Waals surface area contributed by atoms with Crippen molar-refractivity contribution in [1.82, 2.24) is 14.8 Å². The van der Waals surface area contributed by atoms with E-state index >= 15 is 0 Å². The maximum Gasteiger partial charge on any atom is 0.338 e. The van der Waals surface area contributed by atoms with E-state index in [4.69, 9.17) is 16.3 Å². The minimum absolute atomic E-state index is 0.0680. The van der Waals surface area contributed by atoms with Gasteiger partial charge in [-0.05, 0) is 37.6 Å². The summed E-state index contributed by atoms with van der Waals surface area (Å²) in [7, 11) is 0. The van der Waals surface area contributed by atoms with Crippen molar-refractivity contribution in [2.45, 2.75) is 19.9 Å². The minimum Gasteiger partial charge on any atom is -0.463 e. The van der Waals surface area contributed by atoms with E-state index in [1.165, 1.54) is 6.33 Å². The van der Waals surface area contributed by atoms with Crippen LogP contribution in [0.3, 0.4) is 0 Å². The van der Waals surface area contributed by atoms with Crippen LogP contribution in [0.2, 0.25) is 5.02 Å². The number of aromatic nitrogens is 3. The van der Waals surface area contributed by atoms with Gasteiger partial charge < -0.3 is 15.0 Å². The summed E-state index contributed by atoms with van der Waals surface area (Å²) < 4.78 is 7.00. The number of rotatable bonds is 6. The molecule has 3 aromatic rings. The first-order valence-corrected chi connectivity index (χ1v) is 10.5. The quantitative estimate of drug-likeness (QED) is 0.573. The van der Waals surface area contributed by atoms with Crippen LogP contribution in [0.15, 0.2) is 72.2 Å². The lowest BCUT2D eigenvalue weighted by Crippen LogP contribution is -2.40. The van der Waals surface area contributed by atoms with Crippen LogP contribution in [0.4, 0.5) is 11.6 Å². The van der Waals surface area contributed by atoms with Crippen LogP contribution in [-0.4, -0.2) is 39.8 Å². The lowest BCUT2D eigenvalue weighted by Gasteiger charge is -2.35. The van der Waals surface area contributed by atoms with E-state index in [-0.39, 0.29) is 19.1 Å². The highest BCUT2D eigenvalue weighted by molar-refractivity contribution is 6.30. The number of allylic oxidation sites excluding steroid dienone is 1. The maximum absolute atomic E-state index is 13.0. The Morgan fingerprint density at radius 1 is 1.16 bits per heavy atom. The van der Waals surface area contributed by atoms with Crippen LogP contribution >= 0.6 is 11.6 Å². The maximum atomic E-state index is 13.0. The molecule has 0 radical (unpaired) electrons. The second kappa shape index (κ2) is 9.23. The van der Waals surface area contributed by atoms with Gasteiger partial charge in [-0.3, -0.25) is 4.79 Å². The standard InChI is InChI=1S/C23H22ClN5O3/c1-3-32-22(31)20-15(2)28(13-19(30)27-18-11-7-10-17(24)12-18)23-25-14-26-29(23)21(20)16-8-5-4-6-9-16/h4-12,14,21H,3,13H2,1-2H3,(H,27,30)/t21-/m1/s1. The van der Waals surface area contributed by atoms with Crippen molar-refractivity contribution in [3.63, 3.8) is 0 Å². The van der Waals surface area contributed by atoms with Crippen molar-refractivity contribution >= 4 is 35.1 Å². The number of amides is 1. The van der Waals surface area contributed by atoms with Crippen LogP contribution in [0, 0.1) is 0 Å². The van der Waals surface area contributed by atoms with E-state index in [0.29, 0.717) is 27.9 Å². The number of nitrogens with zero attached hydrogens (tertiary/aromatic N) is 4. The summed E-state index contributed by atoms with van der Waals surface area (Å²) in [4.78, 5) is 31.9. The van der Waals surface area contributed by atoms with Crippen LogP contribution in [0.5, 0.6) is 0 Å². The number of halogens is 1. The van der Waals surface area contributed by atoms with Gasteiger partial charge in [0.25, 0.3) is 0 Å². The molecule has 1 aromatic heterocycles. The second-order valence-corrected chi connectivity index (χ2v) is 7.62. The van der Waals surface area contributed by atoms with Crippen molar-refractivity contribution in [3.8, 4) is 0 Å². The Labute approximate surface area is 190 Å². The molecular weight excluding hydrogens is 430 g/mol. The highest BCUT2D eigenvalue weighted by Gasteiger charge is 2.38. The average molecular weight is 452 g/mol. The first kappa shape index (κ1) is 21.6. The summed E-state index contributed by atoms with van der Waals surface area (Å²) in [6.07, 6.45) is 1.41. The molecule has 4 rings (SSSR count). The molecule has 2 heterocycles. The number of carbonyl (C=O) groups is 2. The zero-order valence-corrected chi connectivity index (χ0v) is 18.4. The van der Waals surface area contributed by atoms with E-state index < -0.39 is 12.0 Å². The van der Waals surface area contributed by atoms with E-state index in [9.17, 15) is 9.59 Å². The third-order valence-electron chi connectivity index (χ3n) is 5.13. The van der Waals surface area contributed by atoms with E-state index in [1.807, 2.05) is 30.3 Å². The average Bonchev–Trinajstić information content (AvgIpc) is 3.25. The van der Waals surface area contributed by atoms with Crippen LogP contribution in [0.1, 0.15) is 25.5 Å². The SMILES string of the molecule is CCOC(=O)C1=C(C)N(CC(=O)Nc2cccc(Cl)c2)c2ncnn2[C@@H]1c1ccccc1. The number of hydrogen-bond donors (Lipinski definition) is 1. The van der Waals surface area contributed by atoms with Gasteiger partial charge in [0.05, 0.1) is 12.2 Å². The number of carbonyl (C=O) groups excluding carboxylic acids is 2. The van der Waals surface area contributed by atoms with Gasteiger partial charge in [0, 0.05) is 16.4 Å².